The molecule has 1 atom stereocenters. The standard InChI is InChI=1S/C25H42N2O3S2.3CH4/c1-4-6-8-10-11-13-15-22(14-12-9-7-5-2)19-30-20-26-32(28,29)23-16-17-24-25(18-23)31-21(3)27-24;;;/h16-18,22,26H,4-15,19-20H2,1-3H3;3*1H4. The zero-order valence-corrected chi connectivity index (χ0v) is 21.8. The second-order valence-electron chi connectivity index (χ2n) is 8.80. The maximum Gasteiger partial charge on any atom is 0.242 e. The number of rotatable bonds is 18. The van der Waals surface area contributed by atoms with Gasteiger partial charge in [0.25, 0.3) is 0 Å². The minimum absolute atomic E-state index is 0. The van der Waals surface area contributed by atoms with Crippen LogP contribution in [0.3, 0.4) is 0 Å². The lowest BCUT2D eigenvalue weighted by Gasteiger charge is -2.17. The van der Waals surface area contributed by atoms with E-state index in [1.54, 1.807) is 18.2 Å². The predicted octanol–water partition coefficient (Wildman–Crippen LogP) is 9.10. The molecule has 0 aliphatic heterocycles. The number of thiazole rings is 1. The van der Waals surface area contributed by atoms with Gasteiger partial charge < -0.3 is 4.74 Å². The second kappa shape index (κ2) is 20.1. The molecule has 1 aromatic carbocycles. The number of hydrogen-bond donors (Lipinski definition) is 1. The molecule has 0 aliphatic carbocycles. The Balaban J connectivity index is 0. The Morgan fingerprint density at radius 2 is 1.49 bits per heavy atom. The van der Waals surface area contributed by atoms with Crippen LogP contribution in [0.2, 0.25) is 0 Å². The van der Waals surface area contributed by atoms with Crippen molar-refractivity contribution in [2.45, 2.75) is 125 Å². The van der Waals surface area contributed by atoms with Crippen LogP contribution in [0.1, 0.15) is 118 Å². The van der Waals surface area contributed by atoms with Crippen LogP contribution in [0.4, 0.5) is 0 Å². The van der Waals surface area contributed by atoms with Crippen molar-refractivity contribution in [3.05, 3.63) is 23.2 Å². The summed E-state index contributed by atoms with van der Waals surface area (Å²) in [6.07, 6.45) is 15.2. The summed E-state index contributed by atoms with van der Waals surface area (Å²) in [7, 11) is -3.59. The summed E-state index contributed by atoms with van der Waals surface area (Å²) in [6.45, 7) is 7.04. The smallest absolute Gasteiger partial charge is 0.242 e. The number of aryl methyl sites for hydroxylation is 1. The average molecular weight is 531 g/mol. The van der Waals surface area contributed by atoms with E-state index in [4.69, 9.17) is 4.74 Å². The minimum Gasteiger partial charge on any atom is -0.365 e. The van der Waals surface area contributed by atoms with Gasteiger partial charge in [-0.3, -0.25) is 0 Å². The Bertz CT molecular complexity index is 881. The van der Waals surface area contributed by atoms with Gasteiger partial charge in [-0.05, 0) is 43.9 Å². The third kappa shape index (κ3) is 13.7. The van der Waals surface area contributed by atoms with Crippen molar-refractivity contribution in [3.63, 3.8) is 0 Å². The normalized spacial score (nSPS) is 12.0. The summed E-state index contributed by atoms with van der Waals surface area (Å²) in [5.41, 5.74) is 0.836. The van der Waals surface area contributed by atoms with Crippen molar-refractivity contribution in [1.82, 2.24) is 9.71 Å². The van der Waals surface area contributed by atoms with Crippen LogP contribution in [-0.2, 0) is 14.8 Å². The van der Waals surface area contributed by atoms with Gasteiger partial charge in [0.2, 0.25) is 10.0 Å². The van der Waals surface area contributed by atoms with Gasteiger partial charge in [0.05, 0.1) is 26.7 Å². The summed E-state index contributed by atoms with van der Waals surface area (Å²) < 4.78 is 34.6. The van der Waals surface area contributed by atoms with E-state index in [1.165, 1.54) is 88.4 Å². The molecule has 1 heterocycles. The van der Waals surface area contributed by atoms with Crippen LogP contribution in [0, 0.1) is 12.8 Å². The van der Waals surface area contributed by atoms with E-state index < -0.39 is 10.0 Å². The van der Waals surface area contributed by atoms with Gasteiger partial charge in [0.1, 0.15) is 6.73 Å². The Kier molecular flexibility index (Phi) is 20.7. The van der Waals surface area contributed by atoms with Crippen LogP contribution in [0.5, 0.6) is 0 Å². The zero-order chi connectivity index (χ0) is 23.2. The Labute approximate surface area is 221 Å². The largest absolute Gasteiger partial charge is 0.365 e. The quantitative estimate of drug-likeness (QED) is 0.154. The molecule has 0 fully saturated rings. The van der Waals surface area contributed by atoms with E-state index in [1.807, 2.05) is 6.92 Å². The lowest BCUT2D eigenvalue weighted by molar-refractivity contribution is 0.0883. The number of ether oxygens (including phenoxy) is 1. The highest BCUT2D eigenvalue weighted by Gasteiger charge is 2.16. The fourth-order valence-corrected chi connectivity index (χ4v) is 5.87. The highest BCUT2D eigenvalue weighted by atomic mass is 32.2. The molecule has 1 aromatic heterocycles. The Hall–Kier alpha value is -1.02. The van der Waals surface area contributed by atoms with E-state index in [0.29, 0.717) is 12.5 Å². The summed E-state index contributed by atoms with van der Waals surface area (Å²) >= 11 is 1.50. The van der Waals surface area contributed by atoms with E-state index in [-0.39, 0.29) is 33.9 Å². The monoisotopic (exact) mass is 530 g/mol. The molecule has 206 valence electrons. The fourth-order valence-electron chi connectivity index (χ4n) is 4.00. The third-order valence-corrected chi connectivity index (χ3v) is 8.22. The lowest BCUT2D eigenvalue weighted by atomic mass is 9.95. The van der Waals surface area contributed by atoms with E-state index >= 15 is 0 Å². The van der Waals surface area contributed by atoms with Crippen molar-refractivity contribution in [1.29, 1.82) is 0 Å². The highest BCUT2D eigenvalue weighted by molar-refractivity contribution is 7.89. The first-order chi connectivity index (χ1) is 15.5. The molecule has 0 amide bonds. The first-order valence-electron chi connectivity index (χ1n) is 12.4. The number of hydrogen-bond acceptors (Lipinski definition) is 5. The van der Waals surface area contributed by atoms with Crippen molar-refractivity contribution in [3.8, 4) is 0 Å². The van der Waals surface area contributed by atoms with E-state index in [9.17, 15) is 8.42 Å². The van der Waals surface area contributed by atoms with Crippen LogP contribution in [0.25, 0.3) is 10.2 Å². The minimum atomic E-state index is -3.59. The van der Waals surface area contributed by atoms with Gasteiger partial charge in [0, 0.05) is 0 Å². The van der Waals surface area contributed by atoms with Crippen molar-refractivity contribution < 1.29 is 13.2 Å². The van der Waals surface area contributed by atoms with Gasteiger partial charge >= 0.3 is 0 Å². The number of benzene rings is 1. The van der Waals surface area contributed by atoms with Gasteiger partial charge in [-0.25, -0.2) is 13.4 Å². The van der Waals surface area contributed by atoms with Gasteiger partial charge in [-0.15, -0.1) is 11.3 Å². The van der Waals surface area contributed by atoms with Gasteiger partial charge in [-0.1, -0.05) is 100 Å². The molecule has 35 heavy (non-hydrogen) atoms. The number of sulfonamides is 1. The number of nitrogens with one attached hydrogen (secondary N) is 1. The Morgan fingerprint density at radius 1 is 0.914 bits per heavy atom. The first-order valence-corrected chi connectivity index (χ1v) is 14.7. The summed E-state index contributed by atoms with van der Waals surface area (Å²) in [6, 6.07) is 5.07. The molecule has 0 radical (unpaired) electrons. The molecular formula is C28H54N2O3S2. The van der Waals surface area contributed by atoms with Crippen molar-refractivity contribution in [2.24, 2.45) is 5.92 Å². The van der Waals surface area contributed by atoms with Crippen molar-refractivity contribution >= 4 is 31.6 Å². The molecule has 7 heteroatoms. The van der Waals surface area contributed by atoms with Gasteiger partial charge in [0.15, 0.2) is 0 Å². The van der Waals surface area contributed by atoms with Crippen LogP contribution in [-0.4, -0.2) is 26.7 Å². The number of aromatic nitrogens is 1. The maximum atomic E-state index is 12.7. The molecule has 1 unspecified atom stereocenters. The summed E-state index contributed by atoms with van der Waals surface area (Å²) in [4.78, 5) is 4.66. The highest BCUT2D eigenvalue weighted by Crippen LogP contribution is 2.24. The third-order valence-electron chi connectivity index (χ3n) is 5.91. The predicted molar refractivity (Wildman–Crippen MR) is 156 cm³/mol. The molecule has 0 saturated heterocycles. The topological polar surface area (TPSA) is 68.3 Å². The van der Waals surface area contributed by atoms with Crippen LogP contribution in [0.15, 0.2) is 23.1 Å². The molecule has 2 rings (SSSR count). The summed E-state index contributed by atoms with van der Waals surface area (Å²) in [5.74, 6) is 0.513. The molecule has 2 aromatic rings. The molecule has 5 nitrogen and oxygen atoms in total. The SMILES string of the molecule is C.C.C.CCCCCCCCC(CCCCCC)COCNS(=O)(=O)c1ccc2nc(C)sc2c1. The fraction of sp³-hybridized carbons (Fsp3) is 0.750. The number of nitrogens with zero attached hydrogens (tertiary/aromatic N) is 1. The van der Waals surface area contributed by atoms with Crippen LogP contribution >= 0.6 is 11.3 Å². The Morgan fingerprint density at radius 3 is 2.11 bits per heavy atom. The second-order valence-corrected chi connectivity index (χ2v) is 11.8. The molecule has 0 bridgehead atoms. The maximum absolute atomic E-state index is 12.7. The molecular weight excluding hydrogens is 476 g/mol. The summed E-state index contributed by atoms with van der Waals surface area (Å²) in [5, 5.41) is 0.932. The van der Waals surface area contributed by atoms with E-state index in [2.05, 4.69) is 23.6 Å². The molecule has 0 saturated carbocycles. The van der Waals surface area contributed by atoms with Gasteiger partial charge in [-0.2, -0.15) is 4.72 Å². The number of fused-ring (bicyclic) bond motifs is 1. The first kappa shape index (κ1) is 36.1. The molecule has 0 aliphatic rings. The zero-order valence-electron chi connectivity index (χ0n) is 20.2. The molecule has 0 spiro atoms. The average Bonchev–Trinajstić information content (AvgIpc) is 3.15. The van der Waals surface area contributed by atoms with Crippen molar-refractivity contribution in [2.75, 3.05) is 13.3 Å². The van der Waals surface area contributed by atoms with E-state index in [0.717, 1.165) is 15.2 Å². The number of unbranched alkanes of at least 4 members (excludes halogenated alkanes) is 8. The molecule has 1 N–H and O–H groups in total. The lowest BCUT2D eigenvalue weighted by Crippen LogP contribution is -2.27. The van der Waals surface area contributed by atoms with Crippen LogP contribution < -0.4 is 4.72 Å².